The Morgan fingerprint density at radius 2 is 1.93 bits per heavy atom. The monoisotopic (exact) mass is 389 g/mol. The lowest BCUT2D eigenvalue weighted by atomic mass is 9.97. The van der Waals surface area contributed by atoms with Crippen molar-refractivity contribution in [2.75, 3.05) is 6.54 Å². The molecule has 2 aromatic carbocycles. The van der Waals surface area contributed by atoms with Gasteiger partial charge in [-0.05, 0) is 48.7 Å². The Hall–Kier alpha value is -2.80. The summed E-state index contributed by atoms with van der Waals surface area (Å²) in [6.07, 6.45) is -3.02. The van der Waals surface area contributed by atoms with Gasteiger partial charge in [-0.1, -0.05) is 18.2 Å². The van der Waals surface area contributed by atoms with E-state index in [1.807, 2.05) is 4.90 Å². The molecule has 1 atom stereocenters. The Labute approximate surface area is 158 Å². The number of hydrogen-bond donors (Lipinski definition) is 1. The minimum Gasteiger partial charge on any atom is -0.508 e. The Morgan fingerprint density at radius 1 is 1.14 bits per heavy atom. The van der Waals surface area contributed by atoms with Crippen LogP contribution in [0.2, 0.25) is 0 Å². The number of phenolic OH excluding ortho intramolecular Hbond substituents is 1. The summed E-state index contributed by atoms with van der Waals surface area (Å²) in [6.45, 7) is 0.959. The van der Waals surface area contributed by atoms with Gasteiger partial charge in [0.05, 0.1) is 5.56 Å². The van der Waals surface area contributed by atoms with E-state index in [4.69, 9.17) is 4.42 Å². The lowest BCUT2D eigenvalue weighted by Gasteiger charge is -2.27. The quantitative estimate of drug-likeness (QED) is 0.651. The van der Waals surface area contributed by atoms with E-state index in [1.165, 1.54) is 30.3 Å². The predicted molar refractivity (Wildman–Crippen MR) is 98.0 cm³/mol. The van der Waals surface area contributed by atoms with Gasteiger partial charge in [0.25, 0.3) is 0 Å². The van der Waals surface area contributed by atoms with Gasteiger partial charge >= 0.3 is 11.8 Å². The molecule has 0 radical (unpaired) electrons. The highest BCUT2D eigenvalue weighted by Crippen LogP contribution is 2.41. The van der Waals surface area contributed by atoms with Crippen LogP contribution in [-0.2, 0) is 12.7 Å². The molecule has 1 aliphatic rings. The summed E-state index contributed by atoms with van der Waals surface area (Å²) in [6, 6.07) is 11.2. The predicted octanol–water partition coefficient (Wildman–Crippen LogP) is 4.85. The van der Waals surface area contributed by atoms with Crippen molar-refractivity contribution in [2.24, 2.45) is 0 Å². The van der Waals surface area contributed by atoms with E-state index in [1.54, 1.807) is 12.1 Å². The van der Waals surface area contributed by atoms with Crippen molar-refractivity contribution in [2.45, 2.75) is 31.6 Å². The standard InChI is InChI=1S/C21H18F3NO3/c22-21(23,24)17-5-2-1-4-16(17)18-6-3-9-25(18)12-13-10-20(27)28-19-11-14(26)7-8-15(13)19/h1-2,4-5,7-8,10-11,18,26H,3,6,9,12H2. The second-order valence-corrected chi connectivity index (χ2v) is 6.98. The van der Waals surface area contributed by atoms with Gasteiger partial charge in [0, 0.05) is 30.1 Å². The van der Waals surface area contributed by atoms with Crippen LogP contribution < -0.4 is 5.63 Å². The highest BCUT2D eigenvalue weighted by molar-refractivity contribution is 5.81. The summed E-state index contributed by atoms with van der Waals surface area (Å²) in [5.74, 6) is -0.0223. The van der Waals surface area contributed by atoms with Gasteiger partial charge in [-0.2, -0.15) is 13.2 Å². The third-order valence-electron chi connectivity index (χ3n) is 5.18. The Morgan fingerprint density at radius 3 is 2.71 bits per heavy atom. The van der Waals surface area contributed by atoms with Crippen molar-refractivity contribution in [1.82, 2.24) is 4.90 Å². The van der Waals surface area contributed by atoms with Crippen molar-refractivity contribution in [3.63, 3.8) is 0 Å². The van der Waals surface area contributed by atoms with Gasteiger partial charge in [0.2, 0.25) is 0 Å². The lowest BCUT2D eigenvalue weighted by Crippen LogP contribution is -2.25. The zero-order chi connectivity index (χ0) is 19.9. The first-order valence-corrected chi connectivity index (χ1v) is 8.99. The third kappa shape index (κ3) is 3.49. The zero-order valence-electron chi connectivity index (χ0n) is 14.9. The number of phenols is 1. The minimum absolute atomic E-state index is 0.0223. The molecule has 4 nitrogen and oxygen atoms in total. The zero-order valence-corrected chi connectivity index (χ0v) is 14.9. The maximum Gasteiger partial charge on any atom is 0.416 e. The topological polar surface area (TPSA) is 53.7 Å². The fourth-order valence-electron chi connectivity index (χ4n) is 3.98. The first-order chi connectivity index (χ1) is 13.3. The number of nitrogens with zero attached hydrogens (tertiary/aromatic N) is 1. The van der Waals surface area contributed by atoms with Gasteiger partial charge in [0.15, 0.2) is 0 Å². The molecule has 0 bridgehead atoms. The normalized spacial score (nSPS) is 18.0. The van der Waals surface area contributed by atoms with E-state index in [-0.39, 0.29) is 22.9 Å². The first-order valence-electron chi connectivity index (χ1n) is 8.99. The number of hydrogen-bond acceptors (Lipinski definition) is 4. The van der Waals surface area contributed by atoms with E-state index in [0.717, 1.165) is 12.5 Å². The molecule has 1 fully saturated rings. The Balaban J connectivity index is 1.72. The molecule has 1 N–H and O–H groups in total. The fraction of sp³-hybridized carbons (Fsp3) is 0.286. The summed E-state index contributed by atoms with van der Waals surface area (Å²) in [5, 5.41) is 10.3. The smallest absolute Gasteiger partial charge is 0.416 e. The lowest BCUT2D eigenvalue weighted by molar-refractivity contribution is -0.138. The largest absolute Gasteiger partial charge is 0.508 e. The maximum atomic E-state index is 13.5. The molecule has 146 valence electrons. The molecule has 1 saturated heterocycles. The van der Waals surface area contributed by atoms with Crippen molar-refractivity contribution >= 4 is 11.0 Å². The van der Waals surface area contributed by atoms with Gasteiger partial charge in [-0.3, -0.25) is 4.90 Å². The number of benzene rings is 2. The van der Waals surface area contributed by atoms with E-state index in [2.05, 4.69) is 0 Å². The summed E-state index contributed by atoms with van der Waals surface area (Å²) < 4.78 is 45.5. The molecule has 7 heteroatoms. The number of halogens is 3. The van der Waals surface area contributed by atoms with E-state index in [0.29, 0.717) is 30.5 Å². The van der Waals surface area contributed by atoms with Crippen molar-refractivity contribution in [3.05, 3.63) is 75.6 Å². The molecule has 4 rings (SSSR count). The number of fused-ring (bicyclic) bond motifs is 1. The highest BCUT2D eigenvalue weighted by Gasteiger charge is 2.37. The average molecular weight is 389 g/mol. The second kappa shape index (κ2) is 6.98. The maximum absolute atomic E-state index is 13.5. The molecular formula is C21H18F3NO3. The van der Waals surface area contributed by atoms with Crippen LogP contribution in [0.3, 0.4) is 0 Å². The molecule has 0 amide bonds. The van der Waals surface area contributed by atoms with E-state index in [9.17, 15) is 23.1 Å². The van der Waals surface area contributed by atoms with Crippen LogP contribution in [0, 0.1) is 0 Å². The third-order valence-corrected chi connectivity index (χ3v) is 5.18. The second-order valence-electron chi connectivity index (χ2n) is 6.98. The van der Waals surface area contributed by atoms with Crippen LogP contribution in [-0.4, -0.2) is 16.6 Å². The summed E-state index contributed by atoms with van der Waals surface area (Å²) in [5.41, 5.74) is 0.0165. The van der Waals surface area contributed by atoms with Crippen LogP contribution in [0.1, 0.15) is 35.6 Å². The molecule has 0 aliphatic carbocycles. The molecule has 1 aliphatic heterocycles. The molecule has 1 aromatic heterocycles. The van der Waals surface area contributed by atoms with Crippen molar-refractivity contribution < 1.29 is 22.7 Å². The van der Waals surface area contributed by atoms with Crippen molar-refractivity contribution in [3.8, 4) is 5.75 Å². The van der Waals surface area contributed by atoms with Crippen LogP contribution in [0.25, 0.3) is 11.0 Å². The highest BCUT2D eigenvalue weighted by atomic mass is 19.4. The van der Waals surface area contributed by atoms with E-state index >= 15 is 0 Å². The van der Waals surface area contributed by atoms with Gasteiger partial charge in [-0.15, -0.1) is 0 Å². The molecule has 2 heterocycles. The van der Waals surface area contributed by atoms with Crippen LogP contribution >= 0.6 is 0 Å². The van der Waals surface area contributed by atoms with E-state index < -0.39 is 17.4 Å². The summed E-state index contributed by atoms with van der Waals surface area (Å²) in [4.78, 5) is 13.9. The number of rotatable bonds is 3. The van der Waals surface area contributed by atoms with Crippen LogP contribution in [0.4, 0.5) is 13.2 Å². The molecular weight excluding hydrogens is 371 g/mol. The number of aromatic hydroxyl groups is 1. The van der Waals surface area contributed by atoms with Gasteiger partial charge in [-0.25, -0.2) is 4.79 Å². The number of likely N-dealkylation sites (tertiary alicyclic amines) is 1. The summed E-state index contributed by atoms with van der Waals surface area (Å²) in [7, 11) is 0. The molecule has 28 heavy (non-hydrogen) atoms. The molecule has 1 unspecified atom stereocenters. The average Bonchev–Trinajstić information content (AvgIpc) is 3.08. The Kier molecular flexibility index (Phi) is 4.63. The molecule has 0 saturated carbocycles. The van der Waals surface area contributed by atoms with Crippen molar-refractivity contribution in [1.29, 1.82) is 0 Å². The van der Waals surface area contributed by atoms with Gasteiger partial charge < -0.3 is 9.52 Å². The Bertz CT molecular complexity index is 1070. The first kappa shape index (κ1) is 18.6. The van der Waals surface area contributed by atoms with Crippen LogP contribution in [0.5, 0.6) is 5.75 Å². The van der Waals surface area contributed by atoms with Crippen LogP contribution in [0.15, 0.2) is 57.7 Å². The molecule has 3 aromatic rings. The molecule has 0 spiro atoms. The van der Waals surface area contributed by atoms with Gasteiger partial charge in [0.1, 0.15) is 11.3 Å². The number of alkyl halides is 3. The fourth-order valence-corrected chi connectivity index (χ4v) is 3.98. The minimum atomic E-state index is -4.41. The SMILES string of the molecule is O=c1cc(CN2CCCC2c2ccccc2C(F)(F)F)c2ccc(O)cc2o1. The summed E-state index contributed by atoms with van der Waals surface area (Å²) >= 11 is 0.